The van der Waals surface area contributed by atoms with E-state index < -0.39 is 0 Å². The van der Waals surface area contributed by atoms with Gasteiger partial charge in [0.1, 0.15) is 12.6 Å². The van der Waals surface area contributed by atoms with E-state index >= 15 is 0 Å². The van der Waals surface area contributed by atoms with Gasteiger partial charge in [-0.1, -0.05) is 0 Å². The van der Waals surface area contributed by atoms with Crippen LogP contribution in [0.15, 0.2) is 0 Å². The first kappa shape index (κ1) is 9.68. The molecule has 0 aliphatic carbocycles. The van der Waals surface area contributed by atoms with E-state index in [-0.39, 0.29) is 11.2 Å². The molecule has 0 bridgehead atoms. The SMILES string of the molecule is CC1=[N+](C)C(C)(C)N(O)C1(C)C. The topological polar surface area (TPSA) is 26.5 Å². The molecule has 0 spiro atoms. The highest BCUT2D eigenvalue weighted by Crippen LogP contribution is 2.31. The molecule has 3 nitrogen and oxygen atoms in total. The van der Waals surface area contributed by atoms with Crippen molar-refractivity contribution >= 4 is 5.71 Å². The fourth-order valence-electron chi connectivity index (χ4n) is 1.80. The van der Waals surface area contributed by atoms with Gasteiger partial charge in [0.05, 0.1) is 0 Å². The molecule has 3 heteroatoms. The van der Waals surface area contributed by atoms with Crippen LogP contribution in [0.5, 0.6) is 0 Å². The van der Waals surface area contributed by atoms with Gasteiger partial charge in [0.15, 0.2) is 5.71 Å². The van der Waals surface area contributed by atoms with Crippen molar-refractivity contribution in [3.05, 3.63) is 0 Å². The van der Waals surface area contributed by atoms with Gasteiger partial charge in [-0.15, -0.1) is 5.06 Å². The van der Waals surface area contributed by atoms with E-state index in [1.165, 1.54) is 10.8 Å². The van der Waals surface area contributed by atoms with E-state index in [2.05, 4.69) is 11.5 Å². The number of hydrogen-bond donors (Lipinski definition) is 1. The Kier molecular flexibility index (Phi) is 1.85. The fourth-order valence-corrected chi connectivity index (χ4v) is 1.80. The molecule has 0 aromatic heterocycles. The summed E-state index contributed by atoms with van der Waals surface area (Å²) >= 11 is 0. The molecule has 0 saturated carbocycles. The molecule has 1 N–H and O–H groups in total. The summed E-state index contributed by atoms with van der Waals surface area (Å²) in [6.45, 7) is 10.1. The van der Waals surface area contributed by atoms with Gasteiger partial charge in [-0.2, -0.15) is 0 Å². The molecule has 1 heterocycles. The Balaban J connectivity index is 3.22. The van der Waals surface area contributed by atoms with Crippen LogP contribution in [-0.2, 0) is 0 Å². The van der Waals surface area contributed by atoms with Gasteiger partial charge in [-0.05, 0) is 13.8 Å². The van der Waals surface area contributed by atoms with Crippen LogP contribution < -0.4 is 0 Å². The predicted octanol–water partition coefficient (Wildman–Crippen LogP) is 1.31. The lowest BCUT2D eigenvalue weighted by atomic mass is 10.0. The Hall–Kier alpha value is -0.410. The first-order valence-electron chi connectivity index (χ1n) is 4.29. The predicted molar refractivity (Wildman–Crippen MR) is 48.6 cm³/mol. The van der Waals surface area contributed by atoms with Crippen molar-refractivity contribution in [1.82, 2.24) is 5.06 Å². The quantitative estimate of drug-likeness (QED) is 0.556. The molecular formula is C9H19N2O+. The molecule has 0 saturated heterocycles. The number of nitrogens with zero attached hydrogens (tertiary/aromatic N) is 2. The summed E-state index contributed by atoms with van der Waals surface area (Å²) in [6.07, 6.45) is 0. The summed E-state index contributed by atoms with van der Waals surface area (Å²) in [7, 11) is 2.01. The molecule has 0 amide bonds. The Morgan fingerprint density at radius 1 is 1.25 bits per heavy atom. The molecule has 0 aromatic carbocycles. The molecule has 12 heavy (non-hydrogen) atoms. The van der Waals surface area contributed by atoms with Gasteiger partial charge in [0.2, 0.25) is 5.66 Å². The minimum absolute atomic E-state index is 0.252. The molecule has 0 atom stereocenters. The van der Waals surface area contributed by atoms with Crippen molar-refractivity contribution in [2.75, 3.05) is 7.05 Å². The van der Waals surface area contributed by atoms with Crippen LogP contribution in [-0.4, -0.2) is 38.8 Å². The van der Waals surface area contributed by atoms with Crippen LogP contribution >= 0.6 is 0 Å². The summed E-state index contributed by atoms with van der Waals surface area (Å²) in [5, 5.41) is 11.3. The summed E-state index contributed by atoms with van der Waals surface area (Å²) in [4.78, 5) is 0. The first-order chi connectivity index (χ1) is 5.22. The van der Waals surface area contributed by atoms with Crippen LogP contribution in [0, 0.1) is 0 Å². The summed E-state index contributed by atoms with van der Waals surface area (Å²) in [5.74, 6) is 0. The van der Waals surface area contributed by atoms with Crippen molar-refractivity contribution < 1.29 is 9.78 Å². The minimum Gasteiger partial charge on any atom is -0.307 e. The zero-order valence-electron chi connectivity index (χ0n) is 8.84. The van der Waals surface area contributed by atoms with Crippen LogP contribution in [0.3, 0.4) is 0 Å². The van der Waals surface area contributed by atoms with E-state index in [9.17, 15) is 5.21 Å². The Bertz CT molecular complexity index is 217. The van der Waals surface area contributed by atoms with E-state index in [0.29, 0.717) is 0 Å². The van der Waals surface area contributed by atoms with Crippen LogP contribution in [0.25, 0.3) is 0 Å². The van der Waals surface area contributed by atoms with Gasteiger partial charge in [0, 0.05) is 20.8 Å². The average Bonchev–Trinajstić information content (AvgIpc) is 2.06. The zero-order chi connectivity index (χ0) is 9.73. The maximum atomic E-state index is 9.90. The van der Waals surface area contributed by atoms with Gasteiger partial charge >= 0.3 is 0 Å². The highest BCUT2D eigenvalue weighted by atomic mass is 16.5. The third-order valence-electron chi connectivity index (χ3n) is 3.26. The van der Waals surface area contributed by atoms with E-state index in [1.807, 2.05) is 34.7 Å². The molecular weight excluding hydrogens is 152 g/mol. The van der Waals surface area contributed by atoms with Crippen molar-refractivity contribution in [1.29, 1.82) is 0 Å². The number of hydroxylamine groups is 2. The Morgan fingerprint density at radius 3 is 1.75 bits per heavy atom. The third-order valence-corrected chi connectivity index (χ3v) is 3.26. The lowest BCUT2D eigenvalue weighted by Crippen LogP contribution is -2.51. The van der Waals surface area contributed by atoms with Crippen molar-refractivity contribution in [3.8, 4) is 0 Å². The number of hydrogen-bond acceptors (Lipinski definition) is 2. The third kappa shape index (κ3) is 0.930. The molecule has 70 valence electrons. The zero-order valence-corrected chi connectivity index (χ0v) is 8.84. The van der Waals surface area contributed by atoms with Crippen molar-refractivity contribution in [2.24, 2.45) is 0 Å². The van der Waals surface area contributed by atoms with E-state index in [1.54, 1.807) is 0 Å². The molecule has 0 fully saturated rings. The standard InChI is InChI=1S/C9H19N2O/c1-7-8(2,3)11(12)9(4,5)10(7)6/h12H,1-6H3/q+1. The Morgan fingerprint density at radius 2 is 1.67 bits per heavy atom. The highest BCUT2D eigenvalue weighted by molar-refractivity contribution is 5.87. The average molecular weight is 171 g/mol. The van der Waals surface area contributed by atoms with E-state index in [4.69, 9.17) is 0 Å². The summed E-state index contributed by atoms with van der Waals surface area (Å²) < 4.78 is 2.10. The minimum atomic E-state index is -0.298. The lowest BCUT2D eigenvalue weighted by Gasteiger charge is -2.29. The van der Waals surface area contributed by atoms with Gasteiger partial charge in [0.25, 0.3) is 0 Å². The number of rotatable bonds is 0. The maximum absolute atomic E-state index is 9.90. The van der Waals surface area contributed by atoms with Crippen LogP contribution in [0.1, 0.15) is 34.6 Å². The second-order valence-electron chi connectivity index (χ2n) is 4.51. The highest BCUT2D eigenvalue weighted by Gasteiger charge is 2.54. The largest absolute Gasteiger partial charge is 0.307 e. The Labute approximate surface area is 74.3 Å². The molecule has 1 rings (SSSR count). The molecule has 0 unspecified atom stereocenters. The van der Waals surface area contributed by atoms with Gasteiger partial charge in [-0.25, -0.2) is 4.58 Å². The molecule has 0 radical (unpaired) electrons. The van der Waals surface area contributed by atoms with Crippen LogP contribution in [0.2, 0.25) is 0 Å². The maximum Gasteiger partial charge on any atom is 0.234 e. The molecule has 1 aliphatic rings. The monoisotopic (exact) mass is 171 g/mol. The summed E-state index contributed by atoms with van der Waals surface area (Å²) in [6, 6.07) is 0. The van der Waals surface area contributed by atoms with Gasteiger partial charge in [-0.3, -0.25) is 0 Å². The van der Waals surface area contributed by atoms with Crippen molar-refractivity contribution in [2.45, 2.75) is 45.8 Å². The molecule has 1 aliphatic heterocycles. The second-order valence-corrected chi connectivity index (χ2v) is 4.51. The van der Waals surface area contributed by atoms with E-state index in [0.717, 1.165) is 0 Å². The van der Waals surface area contributed by atoms with Crippen molar-refractivity contribution in [3.63, 3.8) is 0 Å². The molecule has 0 aromatic rings. The van der Waals surface area contributed by atoms with Crippen LogP contribution in [0.4, 0.5) is 0 Å². The first-order valence-corrected chi connectivity index (χ1v) is 4.29. The second kappa shape index (κ2) is 2.30. The smallest absolute Gasteiger partial charge is 0.234 e. The fraction of sp³-hybridized carbons (Fsp3) is 0.889. The normalized spacial score (nSPS) is 28.2. The lowest BCUT2D eigenvalue weighted by molar-refractivity contribution is -0.610. The summed E-state index contributed by atoms with van der Waals surface area (Å²) in [5.41, 5.74) is 0.640. The van der Waals surface area contributed by atoms with Gasteiger partial charge < -0.3 is 5.21 Å².